The predicted molar refractivity (Wildman–Crippen MR) is 67.6 cm³/mol. The van der Waals surface area contributed by atoms with E-state index >= 15 is 0 Å². The number of hydrogen-bond acceptors (Lipinski definition) is 4. The minimum Gasteiger partial charge on any atom is -0.380 e. The van der Waals surface area contributed by atoms with Crippen LogP contribution in [0.3, 0.4) is 0 Å². The second-order valence-corrected chi connectivity index (χ2v) is 4.72. The van der Waals surface area contributed by atoms with E-state index in [2.05, 4.69) is 17.3 Å². The lowest BCUT2D eigenvalue weighted by Gasteiger charge is -2.15. The highest BCUT2D eigenvalue weighted by atomic mass is 35.5. The Morgan fingerprint density at radius 2 is 2.35 bits per heavy atom. The van der Waals surface area contributed by atoms with Crippen molar-refractivity contribution in [2.45, 2.75) is 12.5 Å². The van der Waals surface area contributed by atoms with E-state index < -0.39 is 4.92 Å². The first-order valence-corrected chi connectivity index (χ1v) is 5.83. The molecule has 92 valence electrons. The van der Waals surface area contributed by atoms with Crippen molar-refractivity contribution in [3.05, 3.63) is 33.3 Å². The molecule has 1 aliphatic rings. The Kier molecular flexibility index (Phi) is 3.49. The van der Waals surface area contributed by atoms with Gasteiger partial charge in [0.1, 0.15) is 0 Å². The molecule has 1 fully saturated rings. The molecule has 5 nitrogen and oxygen atoms in total. The van der Waals surface area contributed by atoms with E-state index in [1.165, 1.54) is 12.1 Å². The number of likely N-dealkylation sites (N-methyl/N-ethyl adjacent to an activating group) is 1. The van der Waals surface area contributed by atoms with Crippen LogP contribution in [-0.2, 0) is 0 Å². The molecule has 1 aromatic carbocycles. The monoisotopic (exact) mass is 255 g/mol. The SMILES string of the molecule is CN1CCC(Nc2ccc([N+](=O)[O-])cc2Cl)C1. The molecule has 0 radical (unpaired) electrons. The highest BCUT2D eigenvalue weighted by molar-refractivity contribution is 6.33. The minimum absolute atomic E-state index is 0.0177. The van der Waals surface area contributed by atoms with Crippen LogP contribution in [-0.4, -0.2) is 36.0 Å². The van der Waals surface area contributed by atoms with Crippen molar-refractivity contribution in [1.29, 1.82) is 0 Å². The number of nitro benzene ring substituents is 1. The third kappa shape index (κ3) is 2.87. The molecular weight excluding hydrogens is 242 g/mol. The normalized spacial score (nSPS) is 20.5. The Bertz CT molecular complexity index is 439. The average molecular weight is 256 g/mol. The number of nitro groups is 1. The first-order valence-electron chi connectivity index (χ1n) is 5.45. The summed E-state index contributed by atoms with van der Waals surface area (Å²) in [6, 6.07) is 4.87. The van der Waals surface area contributed by atoms with Crippen LogP contribution < -0.4 is 5.32 Å². The lowest BCUT2D eigenvalue weighted by atomic mass is 10.2. The van der Waals surface area contributed by atoms with Gasteiger partial charge in [0.15, 0.2) is 0 Å². The van der Waals surface area contributed by atoms with Crippen LogP contribution in [0.4, 0.5) is 11.4 Å². The highest BCUT2D eigenvalue weighted by Gasteiger charge is 2.20. The number of rotatable bonds is 3. The Morgan fingerprint density at radius 3 is 2.88 bits per heavy atom. The molecule has 1 unspecified atom stereocenters. The summed E-state index contributed by atoms with van der Waals surface area (Å²) in [6.45, 7) is 2.02. The smallest absolute Gasteiger partial charge is 0.271 e. The topological polar surface area (TPSA) is 58.4 Å². The molecular formula is C11H14ClN3O2. The molecule has 0 aromatic heterocycles. The first-order chi connectivity index (χ1) is 8.06. The Morgan fingerprint density at radius 1 is 1.59 bits per heavy atom. The molecule has 1 saturated heterocycles. The summed E-state index contributed by atoms with van der Waals surface area (Å²) in [5.74, 6) is 0. The van der Waals surface area contributed by atoms with Gasteiger partial charge in [-0.05, 0) is 26.1 Å². The van der Waals surface area contributed by atoms with Crippen LogP contribution in [0.1, 0.15) is 6.42 Å². The largest absolute Gasteiger partial charge is 0.380 e. The Balaban J connectivity index is 2.09. The molecule has 6 heteroatoms. The fourth-order valence-electron chi connectivity index (χ4n) is 2.01. The number of likely N-dealkylation sites (tertiary alicyclic amines) is 1. The van der Waals surface area contributed by atoms with Gasteiger partial charge in [0.05, 0.1) is 15.6 Å². The Labute approximate surface area is 105 Å². The van der Waals surface area contributed by atoms with Crippen molar-refractivity contribution in [3.63, 3.8) is 0 Å². The van der Waals surface area contributed by atoms with Crippen LogP contribution in [0.5, 0.6) is 0 Å². The molecule has 0 aliphatic carbocycles. The van der Waals surface area contributed by atoms with Crippen molar-refractivity contribution in [2.75, 3.05) is 25.5 Å². The molecule has 1 atom stereocenters. The molecule has 2 rings (SSSR count). The van der Waals surface area contributed by atoms with Crippen molar-refractivity contribution in [1.82, 2.24) is 4.90 Å². The standard InChI is InChI=1S/C11H14ClN3O2/c1-14-5-4-8(7-14)13-11-3-2-9(15(16)17)6-10(11)12/h2-3,6,8,13H,4-5,7H2,1H3. The third-order valence-electron chi connectivity index (χ3n) is 2.91. The van der Waals surface area contributed by atoms with Crippen LogP contribution >= 0.6 is 11.6 Å². The average Bonchev–Trinajstić information content (AvgIpc) is 2.67. The molecule has 0 saturated carbocycles. The predicted octanol–water partition coefficient (Wildman–Crippen LogP) is 2.36. The lowest BCUT2D eigenvalue weighted by Crippen LogP contribution is -2.23. The molecule has 17 heavy (non-hydrogen) atoms. The molecule has 1 heterocycles. The number of nitrogens with zero attached hydrogens (tertiary/aromatic N) is 2. The van der Waals surface area contributed by atoms with Gasteiger partial charge in [-0.15, -0.1) is 0 Å². The molecule has 0 spiro atoms. The number of halogens is 1. The van der Waals surface area contributed by atoms with Crippen molar-refractivity contribution >= 4 is 23.0 Å². The van der Waals surface area contributed by atoms with Gasteiger partial charge in [-0.25, -0.2) is 0 Å². The van der Waals surface area contributed by atoms with Crippen molar-refractivity contribution in [2.24, 2.45) is 0 Å². The molecule has 1 aromatic rings. The molecule has 1 N–H and O–H groups in total. The molecule has 0 amide bonds. The zero-order valence-electron chi connectivity index (χ0n) is 9.52. The van der Waals surface area contributed by atoms with Gasteiger partial charge < -0.3 is 10.2 Å². The summed E-state index contributed by atoms with van der Waals surface area (Å²) >= 11 is 6.01. The van der Waals surface area contributed by atoms with E-state index in [1.54, 1.807) is 6.07 Å². The van der Waals surface area contributed by atoms with Crippen LogP contribution in [0.25, 0.3) is 0 Å². The van der Waals surface area contributed by atoms with Gasteiger partial charge in [-0.1, -0.05) is 11.6 Å². The lowest BCUT2D eigenvalue weighted by molar-refractivity contribution is -0.384. The van der Waals surface area contributed by atoms with Crippen LogP contribution in [0, 0.1) is 10.1 Å². The summed E-state index contributed by atoms with van der Waals surface area (Å²) in [5.41, 5.74) is 0.779. The fourth-order valence-corrected chi connectivity index (χ4v) is 2.24. The van der Waals surface area contributed by atoms with Gasteiger partial charge >= 0.3 is 0 Å². The number of nitrogens with one attached hydrogen (secondary N) is 1. The highest BCUT2D eigenvalue weighted by Crippen LogP contribution is 2.28. The third-order valence-corrected chi connectivity index (χ3v) is 3.23. The second kappa shape index (κ2) is 4.89. The summed E-state index contributed by atoms with van der Waals surface area (Å²) in [4.78, 5) is 12.4. The van der Waals surface area contributed by atoms with E-state index in [0.29, 0.717) is 11.1 Å². The zero-order valence-corrected chi connectivity index (χ0v) is 10.3. The summed E-state index contributed by atoms with van der Waals surface area (Å²) in [5, 5.41) is 14.3. The summed E-state index contributed by atoms with van der Waals surface area (Å²) in [6.07, 6.45) is 1.06. The minimum atomic E-state index is -0.445. The van der Waals surface area contributed by atoms with Crippen LogP contribution in [0.2, 0.25) is 5.02 Å². The van der Waals surface area contributed by atoms with E-state index in [-0.39, 0.29) is 5.69 Å². The Hall–Kier alpha value is -1.33. The number of non-ortho nitro benzene ring substituents is 1. The maximum atomic E-state index is 10.6. The van der Waals surface area contributed by atoms with E-state index in [1.807, 2.05) is 0 Å². The number of hydrogen-bond donors (Lipinski definition) is 1. The maximum absolute atomic E-state index is 10.6. The van der Waals surface area contributed by atoms with Gasteiger partial charge in [0.2, 0.25) is 0 Å². The first kappa shape index (κ1) is 12.1. The zero-order chi connectivity index (χ0) is 12.4. The van der Waals surface area contributed by atoms with Gasteiger partial charge in [-0.2, -0.15) is 0 Å². The summed E-state index contributed by atoms with van der Waals surface area (Å²) in [7, 11) is 2.07. The number of benzene rings is 1. The van der Waals surface area contributed by atoms with Crippen molar-refractivity contribution in [3.8, 4) is 0 Å². The molecule has 0 bridgehead atoms. The van der Waals surface area contributed by atoms with E-state index in [4.69, 9.17) is 11.6 Å². The molecule has 1 aliphatic heterocycles. The fraction of sp³-hybridized carbons (Fsp3) is 0.455. The second-order valence-electron chi connectivity index (χ2n) is 4.31. The van der Waals surface area contributed by atoms with Gasteiger partial charge in [0.25, 0.3) is 5.69 Å². The van der Waals surface area contributed by atoms with E-state index in [0.717, 1.165) is 25.2 Å². The number of anilines is 1. The maximum Gasteiger partial charge on any atom is 0.271 e. The van der Waals surface area contributed by atoms with Gasteiger partial charge in [0, 0.05) is 24.7 Å². The van der Waals surface area contributed by atoms with E-state index in [9.17, 15) is 10.1 Å². The quantitative estimate of drug-likeness (QED) is 0.665. The van der Waals surface area contributed by atoms with Gasteiger partial charge in [-0.3, -0.25) is 10.1 Å². The van der Waals surface area contributed by atoms with Crippen molar-refractivity contribution < 1.29 is 4.92 Å². The summed E-state index contributed by atoms with van der Waals surface area (Å²) < 4.78 is 0. The van der Waals surface area contributed by atoms with Crippen LogP contribution in [0.15, 0.2) is 18.2 Å².